The number of amides is 2. The van der Waals surface area contributed by atoms with Gasteiger partial charge in [-0.3, -0.25) is 13.9 Å². The Hall–Kier alpha value is -3.96. The quantitative estimate of drug-likeness (QED) is 0.149. The fourth-order valence-corrected chi connectivity index (χ4v) is 7.03. The van der Waals surface area contributed by atoms with Crippen molar-refractivity contribution in [1.29, 1.82) is 0 Å². The molecule has 48 heavy (non-hydrogen) atoms. The number of hydrogen-bond acceptors (Lipinski definition) is 6. The van der Waals surface area contributed by atoms with E-state index in [2.05, 4.69) is 5.32 Å². The summed E-state index contributed by atoms with van der Waals surface area (Å²) in [6.45, 7) is 2.86. The minimum atomic E-state index is -4.40. The molecule has 4 aromatic carbocycles. The summed E-state index contributed by atoms with van der Waals surface area (Å²) in [5.74, 6) is -0.544. The van der Waals surface area contributed by atoms with Crippen LogP contribution in [0.2, 0.25) is 15.1 Å². The topological polar surface area (TPSA) is 105 Å². The number of hydrogen-bond donors (Lipinski definition) is 1. The van der Waals surface area contributed by atoms with Gasteiger partial charge in [-0.15, -0.1) is 0 Å². The maximum Gasteiger partial charge on any atom is 0.264 e. The zero-order chi connectivity index (χ0) is 35.0. The first kappa shape index (κ1) is 36.9. The zero-order valence-electron chi connectivity index (χ0n) is 26.8. The van der Waals surface area contributed by atoms with E-state index in [1.54, 1.807) is 18.2 Å². The molecule has 0 heterocycles. The predicted octanol–water partition coefficient (Wildman–Crippen LogP) is 7.02. The van der Waals surface area contributed by atoms with Gasteiger partial charge in [0.05, 0.1) is 24.8 Å². The van der Waals surface area contributed by atoms with Gasteiger partial charge in [0.25, 0.3) is 10.0 Å². The van der Waals surface area contributed by atoms with Crippen LogP contribution in [0.5, 0.6) is 11.5 Å². The van der Waals surface area contributed by atoms with Crippen molar-refractivity contribution in [3.05, 3.63) is 117 Å². The van der Waals surface area contributed by atoms with E-state index in [4.69, 9.17) is 44.3 Å². The number of halogens is 3. The SMILES string of the molecule is COc1ccc(S(=O)(=O)N(CC(=O)N(Cc2ccc(Cl)cc2Cl)[C@@H](Cc2ccccc2)C(=O)NC(C)C)c2ccc(Cl)cc2)cc1OC. The molecular weight excluding hydrogens is 697 g/mol. The number of anilines is 1. The van der Waals surface area contributed by atoms with Crippen molar-refractivity contribution < 1.29 is 27.5 Å². The molecule has 0 saturated carbocycles. The first-order valence-electron chi connectivity index (χ1n) is 14.9. The lowest BCUT2D eigenvalue weighted by Gasteiger charge is -2.34. The Morgan fingerprint density at radius 1 is 0.812 bits per heavy atom. The largest absolute Gasteiger partial charge is 0.493 e. The smallest absolute Gasteiger partial charge is 0.264 e. The monoisotopic (exact) mass is 731 g/mol. The van der Waals surface area contributed by atoms with E-state index in [0.29, 0.717) is 21.4 Å². The van der Waals surface area contributed by atoms with Crippen molar-refractivity contribution in [3.8, 4) is 11.5 Å². The number of carbonyl (C=O) groups is 2. The van der Waals surface area contributed by atoms with Gasteiger partial charge in [0.2, 0.25) is 11.8 Å². The minimum Gasteiger partial charge on any atom is -0.493 e. The van der Waals surface area contributed by atoms with E-state index >= 15 is 0 Å². The van der Waals surface area contributed by atoms with Gasteiger partial charge in [-0.25, -0.2) is 8.42 Å². The molecular formula is C35H36Cl3N3O6S. The minimum absolute atomic E-state index is 0.108. The molecule has 0 radical (unpaired) electrons. The maximum atomic E-state index is 14.6. The fraction of sp³-hybridized carbons (Fsp3) is 0.257. The summed E-state index contributed by atoms with van der Waals surface area (Å²) in [6.07, 6.45) is 0.152. The molecule has 1 N–H and O–H groups in total. The van der Waals surface area contributed by atoms with Crippen LogP contribution in [0, 0.1) is 0 Å². The Bertz CT molecular complexity index is 1840. The number of sulfonamides is 1. The molecule has 0 aromatic heterocycles. The Kier molecular flexibility index (Phi) is 12.6. The highest BCUT2D eigenvalue weighted by Crippen LogP contribution is 2.33. The fourth-order valence-electron chi connectivity index (χ4n) is 5.01. The lowest BCUT2D eigenvalue weighted by Crippen LogP contribution is -2.54. The van der Waals surface area contributed by atoms with Crippen LogP contribution in [-0.4, -0.2) is 58.0 Å². The van der Waals surface area contributed by atoms with Crippen LogP contribution in [0.1, 0.15) is 25.0 Å². The third-order valence-corrected chi connectivity index (χ3v) is 10.0. The van der Waals surface area contributed by atoms with Crippen molar-refractivity contribution in [3.63, 3.8) is 0 Å². The van der Waals surface area contributed by atoms with Crippen LogP contribution >= 0.6 is 34.8 Å². The summed E-state index contributed by atoms with van der Waals surface area (Å²) in [5.41, 5.74) is 1.50. The number of carbonyl (C=O) groups excluding carboxylic acids is 2. The summed E-state index contributed by atoms with van der Waals surface area (Å²) < 4.78 is 40.3. The van der Waals surface area contributed by atoms with Crippen molar-refractivity contribution in [2.45, 2.75) is 43.8 Å². The van der Waals surface area contributed by atoms with Gasteiger partial charge in [-0.2, -0.15) is 0 Å². The highest BCUT2D eigenvalue weighted by atomic mass is 35.5. The molecule has 13 heteroatoms. The maximum absolute atomic E-state index is 14.6. The van der Waals surface area contributed by atoms with Crippen LogP contribution in [0.25, 0.3) is 0 Å². The van der Waals surface area contributed by atoms with Gasteiger partial charge in [0.15, 0.2) is 11.5 Å². The van der Waals surface area contributed by atoms with Gasteiger partial charge in [-0.05, 0) is 73.5 Å². The third kappa shape index (κ3) is 9.14. The summed E-state index contributed by atoms with van der Waals surface area (Å²) in [6, 6.07) is 23.0. The van der Waals surface area contributed by atoms with Crippen LogP contribution in [0.4, 0.5) is 5.69 Å². The van der Waals surface area contributed by atoms with Gasteiger partial charge < -0.3 is 19.7 Å². The number of nitrogens with one attached hydrogen (secondary N) is 1. The molecule has 0 bridgehead atoms. The van der Waals surface area contributed by atoms with E-state index in [-0.39, 0.29) is 40.4 Å². The van der Waals surface area contributed by atoms with Gasteiger partial charge in [-0.1, -0.05) is 71.2 Å². The van der Waals surface area contributed by atoms with E-state index in [1.807, 2.05) is 44.2 Å². The first-order chi connectivity index (χ1) is 22.8. The molecule has 0 saturated heterocycles. The molecule has 0 aliphatic rings. The van der Waals surface area contributed by atoms with Crippen molar-refractivity contribution in [1.82, 2.24) is 10.2 Å². The molecule has 0 aliphatic carbocycles. The molecule has 0 aliphatic heterocycles. The molecule has 4 aromatic rings. The van der Waals surface area contributed by atoms with Crippen molar-refractivity contribution in [2.24, 2.45) is 0 Å². The second-order valence-corrected chi connectivity index (χ2v) is 14.3. The van der Waals surface area contributed by atoms with E-state index in [0.717, 1.165) is 9.87 Å². The van der Waals surface area contributed by atoms with Crippen molar-refractivity contribution >= 4 is 62.3 Å². The summed E-state index contributed by atoms with van der Waals surface area (Å²) in [4.78, 5) is 29.7. The average molecular weight is 733 g/mol. The molecule has 254 valence electrons. The number of methoxy groups -OCH3 is 2. The number of benzene rings is 4. The number of rotatable bonds is 14. The zero-order valence-corrected chi connectivity index (χ0v) is 29.9. The number of nitrogens with zero attached hydrogens (tertiary/aromatic N) is 2. The van der Waals surface area contributed by atoms with E-state index in [1.165, 1.54) is 61.6 Å². The Morgan fingerprint density at radius 3 is 2.06 bits per heavy atom. The molecule has 0 spiro atoms. The van der Waals surface area contributed by atoms with Crippen LogP contribution in [0.15, 0.2) is 95.9 Å². The molecule has 2 amide bonds. The van der Waals surface area contributed by atoms with E-state index < -0.39 is 34.4 Å². The lowest BCUT2D eigenvalue weighted by atomic mass is 10.0. The second-order valence-electron chi connectivity index (χ2n) is 11.1. The third-order valence-electron chi connectivity index (χ3n) is 7.39. The Labute approximate surface area is 296 Å². The standard InChI is InChI=1S/C35H36Cl3N3O6S/c1-23(2)39-35(43)31(18-24-8-6-5-7-9-24)40(21-25-10-11-27(37)19-30(25)38)34(42)22-41(28-14-12-26(36)13-15-28)48(44,45)29-16-17-32(46-3)33(20-29)47-4/h5-17,19-20,23,31H,18,21-22H2,1-4H3,(H,39,43)/t31-/m0/s1. The molecule has 1 atom stereocenters. The van der Waals surface area contributed by atoms with Crippen LogP contribution in [-0.2, 0) is 32.6 Å². The summed E-state index contributed by atoms with van der Waals surface area (Å²) in [5, 5.41) is 3.98. The van der Waals surface area contributed by atoms with Gasteiger partial charge >= 0.3 is 0 Å². The average Bonchev–Trinajstić information content (AvgIpc) is 3.06. The molecule has 0 fully saturated rings. The summed E-state index contributed by atoms with van der Waals surface area (Å²) >= 11 is 18.9. The van der Waals surface area contributed by atoms with Crippen molar-refractivity contribution in [2.75, 3.05) is 25.1 Å². The second kappa shape index (κ2) is 16.4. The predicted molar refractivity (Wildman–Crippen MR) is 190 cm³/mol. The number of ether oxygens (including phenoxy) is 2. The van der Waals surface area contributed by atoms with E-state index in [9.17, 15) is 18.0 Å². The molecule has 0 unspecified atom stereocenters. The molecule has 9 nitrogen and oxygen atoms in total. The highest BCUT2D eigenvalue weighted by Gasteiger charge is 2.35. The highest BCUT2D eigenvalue weighted by molar-refractivity contribution is 7.92. The Balaban J connectivity index is 1.84. The lowest BCUT2D eigenvalue weighted by molar-refractivity contribution is -0.140. The summed E-state index contributed by atoms with van der Waals surface area (Å²) in [7, 11) is -1.57. The normalized spacial score (nSPS) is 11.9. The van der Waals surface area contributed by atoms with Gasteiger partial charge in [0.1, 0.15) is 12.6 Å². The first-order valence-corrected chi connectivity index (χ1v) is 17.5. The molecule has 4 rings (SSSR count). The Morgan fingerprint density at radius 2 is 1.46 bits per heavy atom. The van der Waals surface area contributed by atoms with Crippen LogP contribution in [0.3, 0.4) is 0 Å². The van der Waals surface area contributed by atoms with Crippen LogP contribution < -0.4 is 19.1 Å². The van der Waals surface area contributed by atoms with Gasteiger partial charge in [0, 0.05) is 40.1 Å².